The highest BCUT2D eigenvalue weighted by atomic mass is 35.5. The Morgan fingerprint density at radius 3 is 2.00 bits per heavy atom. The number of carboxylic acids is 1. The summed E-state index contributed by atoms with van der Waals surface area (Å²) >= 11 is 4.73. The van der Waals surface area contributed by atoms with E-state index in [-0.39, 0.29) is 0 Å². The minimum Gasteiger partial charge on any atom is -0.478 e. The Morgan fingerprint density at radius 2 is 1.88 bits per heavy atom. The van der Waals surface area contributed by atoms with Crippen LogP contribution in [0.2, 0.25) is 0 Å². The summed E-state index contributed by atoms with van der Waals surface area (Å²) in [5.41, 5.74) is 0. The smallest absolute Gasteiger partial charge is 0.328 e. The van der Waals surface area contributed by atoms with E-state index in [1.807, 2.05) is 0 Å². The summed E-state index contributed by atoms with van der Waals surface area (Å²) < 4.78 is 0. The number of carboxylic acid groups (broad SMARTS) is 1. The summed E-state index contributed by atoms with van der Waals surface area (Å²) in [7, 11) is 0. The van der Waals surface area contributed by atoms with E-state index in [0.29, 0.717) is 6.08 Å². The third-order valence-corrected chi connectivity index (χ3v) is 0.483. The Balaban J connectivity index is 3.67. The summed E-state index contributed by atoms with van der Waals surface area (Å²) in [6.45, 7) is 0. The van der Waals surface area contributed by atoms with Gasteiger partial charge in [-0.25, -0.2) is 4.79 Å². The van der Waals surface area contributed by atoms with Crippen LogP contribution in [-0.4, -0.2) is 16.3 Å². The average molecular weight is 135 g/mol. The van der Waals surface area contributed by atoms with Gasteiger partial charge in [-0.15, -0.1) is 0 Å². The molecular formula is C4H3ClO3. The molecule has 0 rings (SSSR count). The molecule has 44 valence electrons. The first-order valence-corrected chi connectivity index (χ1v) is 2.11. The fourth-order valence-electron chi connectivity index (χ4n) is 0.137. The molecule has 0 aliphatic carbocycles. The highest BCUT2D eigenvalue weighted by molar-refractivity contribution is 6.66. The van der Waals surface area contributed by atoms with Crippen LogP contribution in [0.1, 0.15) is 0 Å². The molecule has 0 aromatic heterocycles. The molecule has 0 bridgehead atoms. The number of hydrogen-bond acceptors (Lipinski definition) is 2. The van der Waals surface area contributed by atoms with Crippen LogP contribution < -0.4 is 0 Å². The van der Waals surface area contributed by atoms with E-state index in [1.165, 1.54) is 0 Å². The van der Waals surface area contributed by atoms with E-state index in [0.717, 1.165) is 6.08 Å². The molecule has 0 aromatic carbocycles. The molecule has 4 heteroatoms. The summed E-state index contributed by atoms with van der Waals surface area (Å²) in [4.78, 5) is 19.4. The van der Waals surface area contributed by atoms with Crippen LogP contribution in [0.5, 0.6) is 0 Å². The summed E-state index contributed by atoms with van der Waals surface area (Å²) in [5, 5.41) is 7.08. The predicted molar refractivity (Wildman–Crippen MR) is 27.6 cm³/mol. The van der Waals surface area contributed by atoms with Crippen molar-refractivity contribution in [2.75, 3.05) is 0 Å². The summed E-state index contributed by atoms with van der Waals surface area (Å²) in [6, 6.07) is 0. The van der Waals surface area contributed by atoms with Gasteiger partial charge in [-0.05, 0) is 11.6 Å². The maximum atomic E-state index is 9.76. The first kappa shape index (κ1) is 7.17. The number of carbonyl (C=O) groups excluding carboxylic acids is 1. The lowest BCUT2D eigenvalue weighted by atomic mass is 10.5. The molecule has 3 nitrogen and oxygen atoms in total. The number of rotatable bonds is 2. The quantitative estimate of drug-likeness (QED) is 0.439. The molecule has 0 spiro atoms. The zero-order chi connectivity index (χ0) is 6.57. The maximum Gasteiger partial charge on any atom is 0.328 e. The van der Waals surface area contributed by atoms with Gasteiger partial charge in [0.1, 0.15) is 0 Å². The number of allylic oxidation sites excluding steroid dienone is 1. The topological polar surface area (TPSA) is 54.4 Å². The third kappa shape index (κ3) is 5.17. The Hall–Kier alpha value is -0.830. The monoisotopic (exact) mass is 134 g/mol. The first-order valence-electron chi connectivity index (χ1n) is 1.73. The second-order valence-corrected chi connectivity index (χ2v) is 1.35. The van der Waals surface area contributed by atoms with Gasteiger partial charge in [0, 0.05) is 12.2 Å². The molecule has 0 aliphatic heterocycles. The van der Waals surface area contributed by atoms with E-state index >= 15 is 0 Å². The average Bonchev–Trinajstić information content (AvgIpc) is 1.61. The standard InChI is InChI=1S/C4H3ClO3/c5-3(6)1-2-4(7)8/h1-2H,(H,7,8)/b2-1-. The maximum absolute atomic E-state index is 9.76. The summed E-state index contributed by atoms with van der Waals surface area (Å²) in [5.74, 6) is -1.18. The van der Waals surface area contributed by atoms with E-state index in [9.17, 15) is 9.59 Å². The van der Waals surface area contributed by atoms with Crippen LogP contribution in [0.3, 0.4) is 0 Å². The van der Waals surface area contributed by atoms with Crippen molar-refractivity contribution in [1.29, 1.82) is 0 Å². The van der Waals surface area contributed by atoms with E-state index in [4.69, 9.17) is 16.7 Å². The van der Waals surface area contributed by atoms with E-state index in [1.54, 1.807) is 0 Å². The van der Waals surface area contributed by atoms with E-state index < -0.39 is 11.2 Å². The Morgan fingerprint density at radius 1 is 1.38 bits per heavy atom. The molecule has 8 heavy (non-hydrogen) atoms. The van der Waals surface area contributed by atoms with Gasteiger partial charge in [-0.3, -0.25) is 4.79 Å². The normalized spacial score (nSPS) is 9.62. The van der Waals surface area contributed by atoms with Gasteiger partial charge < -0.3 is 5.11 Å². The summed E-state index contributed by atoms with van der Waals surface area (Å²) in [6.07, 6.45) is 1.44. The fraction of sp³-hybridized carbons (Fsp3) is 0. The largest absolute Gasteiger partial charge is 0.478 e. The number of aliphatic carboxylic acids is 1. The number of hydrogen-bond donors (Lipinski definition) is 1. The molecule has 0 aromatic rings. The molecule has 1 N–H and O–H groups in total. The second-order valence-electron chi connectivity index (χ2n) is 0.976. The molecule has 0 unspecified atom stereocenters. The molecule has 0 amide bonds. The van der Waals surface area contributed by atoms with Crippen molar-refractivity contribution in [3.63, 3.8) is 0 Å². The molecule has 0 atom stereocenters. The fourth-order valence-corrected chi connectivity index (χ4v) is 0.200. The van der Waals surface area contributed by atoms with Gasteiger partial charge >= 0.3 is 5.97 Å². The van der Waals surface area contributed by atoms with Crippen LogP contribution in [0.4, 0.5) is 0 Å². The van der Waals surface area contributed by atoms with Crippen LogP contribution >= 0.6 is 11.6 Å². The molecule has 0 heterocycles. The van der Waals surface area contributed by atoms with Crippen LogP contribution in [0, 0.1) is 0 Å². The second kappa shape index (κ2) is 3.21. The van der Waals surface area contributed by atoms with Crippen molar-refractivity contribution in [2.45, 2.75) is 0 Å². The van der Waals surface area contributed by atoms with Crippen LogP contribution in [-0.2, 0) is 9.59 Å². The van der Waals surface area contributed by atoms with Gasteiger partial charge in [0.05, 0.1) is 0 Å². The van der Waals surface area contributed by atoms with Gasteiger partial charge in [-0.1, -0.05) is 0 Å². The Labute approximate surface area is 50.6 Å². The molecular weight excluding hydrogens is 131 g/mol. The van der Waals surface area contributed by atoms with Crippen LogP contribution in [0.25, 0.3) is 0 Å². The van der Waals surface area contributed by atoms with Crippen molar-refractivity contribution < 1.29 is 14.7 Å². The molecule has 0 saturated carbocycles. The Bertz CT molecular complexity index is 122. The molecule has 0 radical (unpaired) electrons. The minimum absolute atomic E-state index is 0.676. The van der Waals surface area contributed by atoms with E-state index in [2.05, 4.69) is 0 Å². The van der Waals surface area contributed by atoms with Gasteiger partial charge in [0.15, 0.2) is 0 Å². The van der Waals surface area contributed by atoms with Crippen LogP contribution in [0.15, 0.2) is 12.2 Å². The number of carbonyl (C=O) groups is 2. The van der Waals surface area contributed by atoms with Gasteiger partial charge in [0.2, 0.25) is 5.24 Å². The van der Waals surface area contributed by atoms with Crippen molar-refractivity contribution in [1.82, 2.24) is 0 Å². The highest BCUT2D eigenvalue weighted by Crippen LogP contribution is 1.80. The lowest BCUT2D eigenvalue weighted by molar-refractivity contribution is -0.131. The third-order valence-electron chi connectivity index (χ3n) is 0.357. The molecule has 0 saturated heterocycles. The lowest BCUT2D eigenvalue weighted by Gasteiger charge is -1.72. The highest BCUT2D eigenvalue weighted by Gasteiger charge is 1.87. The molecule has 0 fully saturated rings. The lowest BCUT2D eigenvalue weighted by Crippen LogP contribution is -1.87. The van der Waals surface area contributed by atoms with Crippen molar-refractivity contribution in [2.24, 2.45) is 0 Å². The Kier molecular flexibility index (Phi) is 2.88. The van der Waals surface area contributed by atoms with Crippen molar-refractivity contribution >= 4 is 22.8 Å². The predicted octanol–water partition coefficient (Wildman–Crippen LogP) is 0.393. The number of halogens is 1. The minimum atomic E-state index is -1.18. The first-order chi connectivity index (χ1) is 3.63. The van der Waals surface area contributed by atoms with Crippen molar-refractivity contribution in [3.05, 3.63) is 12.2 Å². The van der Waals surface area contributed by atoms with Gasteiger partial charge in [-0.2, -0.15) is 0 Å². The zero-order valence-corrected chi connectivity index (χ0v) is 4.55. The SMILES string of the molecule is O=C(O)/C=C\C(=O)Cl. The van der Waals surface area contributed by atoms with Crippen molar-refractivity contribution in [3.8, 4) is 0 Å². The zero-order valence-electron chi connectivity index (χ0n) is 3.80. The van der Waals surface area contributed by atoms with Gasteiger partial charge in [0.25, 0.3) is 0 Å². The molecule has 0 aliphatic rings.